The van der Waals surface area contributed by atoms with Gasteiger partial charge in [-0.05, 0) is 31.5 Å². The lowest BCUT2D eigenvalue weighted by Crippen LogP contribution is -2.53. The summed E-state index contributed by atoms with van der Waals surface area (Å²) in [6.07, 6.45) is 2.19. The molecule has 2 amide bonds. The molecule has 1 saturated carbocycles. The highest BCUT2D eigenvalue weighted by Crippen LogP contribution is 2.45. The highest BCUT2D eigenvalue weighted by molar-refractivity contribution is 5.94. The van der Waals surface area contributed by atoms with Crippen LogP contribution >= 0.6 is 0 Å². The standard InChI is InChI=1S/C25H27N3O7/c1-5-15-12-25(15,23(30)31)27-22(29)20-11-17(13-28(20)24(32)34-14(2)3)35-21-8-9-26-19-10-16(33-4)6-7-18(19)21/h5-10,15,17,20H,1-2,11-13H2,3-4H3,(H,27,29)(H,30,31)/t15-,17-,20+,25-/m1/s1. The Balaban J connectivity index is 1.56. The first kappa shape index (κ1) is 24.1. The van der Waals surface area contributed by atoms with E-state index in [0.29, 0.717) is 17.0 Å². The van der Waals surface area contributed by atoms with E-state index in [1.165, 1.54) is 17.9 Å². The third-order valence-electron chi connectivity index (χ3n) is 6.29. The number of aliphatic carboxylic acids is 1. The number of likely N-dealkylation sites (tertiary alicyclic amines) is 1. The van der Waals surface area contributed by atoms with Crippen LogP contribution in [0.5, 0.6) is 11.5 Å². The predicted octanol–water partition coefficient (Wildman–Crippen LogP) is 2.88. The molecule has 10 nitrogen and oxygen atoms in total. The number of fused-ring (bicyclic) bond motifs is 1. The maximum atomic E-state index is 13.2. The van der Waals surface area contributed by atoms with Crippen molar-refractivity contribution in [2.45, 2.75) is 37.5 Å². The number of carboxylic acid groups (broad SMARTS) is 1. The Morgan fingerprint density at radius 3 is 2.71 bits per heavy atom. The van der Waals surface area contributed by atoms with Gasteiger partial charge in [-0.1, -0.05) is 12.7 Å². The molecule has 1 aliphatic heterocycles. The summed E-state index contributed by atoms with van der Waals surface area (Å²) < 4.78 is 16.6. The first-order valence-electron chi connectivity index (χ1n) is 11.1. The normalized spacial score (nSPS) is 25.0. The lowest BCUT2D eigenvalue weighted by Gasteiger charge is -2.24. The fraction of sp³-hybridized carbons (Fsp3) is 0.360. The molecule has 0 radical (unpaired) electrons. The third kappa shape index (κ3) is 4.64. The van der Waals surface area contributed by atoms with Crippen LogP contribution in [-0.4, -0.2) is 64.3 Å². The molecule has 2 N–H and O–H groups in total. The van der Waals surface area contributed by atoms with E-state index in [4.69, 9.17) is 14.2 Å². The average molecular weight is 482 g/mol. The van der Waals surface area contributed by atoms with Gasteiger partial charge in [-0.2, -0.15) is 0 Å². The van der Waals surface area contributed by atoms with Gasteiger partial charge in [0.2, 0.25) is 5.91 Å². The first-order chi connectivity index (χ1) is 16.7. The van der Waals surface area contributed by atoms with Crippen molar-refractivity contribution in [2.24, 2.45) is 5.92 Å². The number of nitrogens with zero attached hydrogens (tertiary/aromatic N) is 2. The van der Waals surface area contributed by atoms with Crippen molar-refractivity contribution >= 4 is 28.9 Å². The van der Waals surface area contributed by atoms with Gasteiger partial charge >= 0.3 is 12.1 Å². The molecule has 1 aromatic carbocycles. The Bertz CT molecular complexity index is 1210. The number of aromatic nitrogens is 1. The predicted molar refractivity (Wildman–Crippen MR) is 126 cm³/mol. The minimum atomic E-state index is -1.41. The molecule has 10 heteroatoms. The third-order valence-corrected chi connectivity index (χ3v) is 6.29. The van der Waals surface area contributed by atoms with Crippen molar-refractivity contribution in [3.8, 4) is 11.5 Å². The van der Waals surface area contributed by atoms with E-state index in [0.717, 1.165) is 5.39 Å². The zero-order chi connectivity index (χ0) is 25.3. The van der Waals surface area contributed by atoms with E-state index >= 15 is 0 Å². The van der Waals surface area contributed by atoms with Crippen LogP contribution < -0.4 is 14.8 Å². The van der Waals surface area contributed by atoms with Gasteiger partial charge in [0.1, 0.15) is 29.2 Å². The molecule has 2 fully saturated rings. The topological polar surface area (TPSA) is 127 Å². The average Bonchev–Trinajstić information content (AvgIpc) is 3.38. The Labute approximate surface area is 202 Å². The quantitative estimate of drug-likeness (QED) is 0.435. The van der Waals surface area contributed by atoms with Gasteiger partial charge in [0.15, 0.2) is 0 Å². The second-order valence-corrected chi connectivity index (χ2v) is 8.72. The smallest absolute Gasteiger partial charge is 0.415 e. The number of carbonyl (C=O) groups is 3. The maximum Gasteiger partial charge on any atom is 0.415 e. The summed E-state index contributed by atoms with van der Waals surface area (Å²) in [5, 5.41) is 13.0. The maximum absolute atomic E-state index is 13.2. The molecule has 0 bridgehead atoms. The molecule has 4 atom stereocenters. The van der Waals surface area contributed by atoms with E-state index in [1.54, 1.807) is 31.5 Å². The number of methoxy groups -OCH3 is 1. The van der Waals surface area contributed by atoms with E-state index in [-0.39, 0.29) is 31.1 Å². The van der Waals surface area contributed by atoms with Crippen molar-refractivity contribution in [3.05, 3.63) is 55.5 Å². The minimum absolute atomic E-state index is 0.0646. The summed E-state index contributed by atoms with van der Waals surface area (Å²) in [4.78, 5) is 43.3. The summed E-state index contributed by atoms with van der Waals surface area (Å²) in [5.41, 5.74) is -0.748. The lowest BCUT2D eigenvalue weighted by molar-refractivity contribution is -0.144. The highest BCUT2D eigenvalue weighted by Gasteiger charge is 2.61. The molecule has 1 aliphatic carbocycles. The van der Waals surface area contributed by atoms with Crippen molar-refractivity contribution < 1.29 is 33.7 Å². The fourth-order valence-corrected chi connectivity index (χ4v) is 4.37. The highest BCUT2D eigenvalue weighted by atomic mass is 16.6. The molecule has 2 aliphatic rings. The van der Waals surface area contributed by atoms with Crippen LogP contribution in [0.1, 0.15) is 19.8 Å². The summed E-state index contributed by atoms with van der Waals surface area (Å²) in [7, 11) is 1.57. The van der Waals surface area contributed by atoms with Crippen LogP contribution in [0, 0.1) is 5.92 Å². The first-order valence-corrected chi connectivity index (χ1v) is 11.1. The molecule has 2 heterocycles. The fourth-order valence-electron chi connectivity index (χ4n) is 4.37. The Hall–Kier alpha value is -4.08. The van der Waals surface area contributed by atoms with Gasteiger partial charge in [-0.25, -0.2) is 9.59 Å². The molecule has 0 unspecified atom stereocenters. The van der Waals surface area contributed by atoms with Crippen LogP contribution in [0.4, 0.5) is 4.79 Å². The zero-order valence-corrected chi connectivity index (χ0v) is 19.5. The van der Waals surface area contributed by atoms with Crippen molar-refractivity contribution in [1.29, 1.82) is 0 Å². The zero-order valence-electron chi connectivity index (χ0n) is 19.5. The van der Waals surface area contributed by atoms with Crippen molar-refractivity contribution in [1.82, 2.24) is 15.2 Å². The number of carbonyl (C=O) groups excluding carboxylic acids is 2. The second kappa shape index (κ2) is 9.28. The molecule has 1 aromatic heterocycles. The number of hydrogen-bond donors (Lipinski definition) is 2. The second-order valence-electron chi connectivity index (χ2n) is 8.72. The van der Waals surface area contributed by atoms with Gasteiger partial charge in [-0.15, -0.1) is 6.58 Å². The number of nitrogens with one attached hydrogen (secondary N) is 1. The van der Waals surface area contributed by atoms with Crippen LogP contribution in [0.2, 0.25) is 0 Å². The Morgan fingerprint density at radius 2 is 2.09 bits per heavy atom. The van der Waals surface area contributed by atoms with Crippen LogP contribution in [-0.2, 0) is 14.3 Å². The molecule has 35 heavy (non-hydrogen) atoms. The molecule has 184 valence electrons. The number of ether oxygens (including phenoxy) is 3. The van der Waals surface area contributed by atoms with Crippen LogP contribution in [0.25, 0.3) is 10.9 Å². The summed E-state index contributed by atoms with van der Waals surface area (Å²) in [6.45, 7) is 8.80. The SMILES string of the molecule is C=C[C@@H]1C[C@]1(NC(=O)[C@@H]1C[C@@H](Oc2ccnc3cc(OC)ccc23)CN1C(=O)OC(=C)C)C(=O)O. The number of rotatable bonds is 8. The number of hydrogen-bond acceptors (Lipinski definition) is 7. The largest absolute Gasteiger partial charge is 0.497 e. The molecular formula is C25H27N3O7. The van der Waals surface area contributed by atoms with Gasteiger partial charge < -0.3 is 24.6 Å². The lowest BCUT2D eigenvalue weighted by atomic mass is 10.1. The Morgan fingerprint density at radius 1 is 1.31 bits per heavy atom. The summed E-state index contributed by atoms with van der Waals surface area (Å²) in [5.74, 6) is -0.759. The summed E-state index contributed by atoms with van der Waals surface area (Å²) >= 11 is 0. The molecule has 2 aromatic rings. The van der Waals surface area contributed by atoms with E-state index < -0.39 is 35.7 Å². The van der Waals surface area contributed by atoms with Gasteiger partial charge in [0.05, 0.1) is 24.9 Å². The van der Waals surface area contributed by atoms with E-state index in [1.807, 2.05) is 6.07 Å². The monoisotopic (exact) mass is 481 g/mol. The van der Waals surface area contributed by atoms with Crippen molar-refractivity contribution in [3.63, 3.8) is 0 Å². The van der Waals surface area contributed by atoms with Crippen LogP contribution in [0.15, 0.2) is 55.5 Å². The van der Waals surface area contributed by atoms with Crippen molar-refractivity contribution in [2.75, 3.05) is 13.7 Å². The number of amides is 2. The molecule has 0 spiro atoms. The number of allylic oxidation sites excluding steroid dienone is 1. The van der Waals surface area contributed by atoms with Crippen LogP contribution in [0.3, 0.4) is 0 Å². The van der Waals surface area contributed by atoms with Gasteiger partial charge in [0, 0.05) is 30.0 Å². The minimum Gasteiger partial charge on any atom is -0.497 e. The molecule has 4 rings (SSSR count). The van der Waals surface area contributed by atoms with Gasteiger partial charge in [-0.3, -0.25) is 14.7 Å². The molecule has 1 saturated heterocycles. The summed E-state index contributed by atoms with van der Waals surface area (Å²) in [6, 6.07) is 6.11. The number of benzene rings is 1. The van der Waals surface area contributed by atoms with E-state index in [2.05, 4.69) is 23.5 Å². The number of pyridine rings is 1. The van der Waals surface area contributed by atoms with E-state index in [9.17, 15) is 19.5 Å². The number of carboxylic acids is 1. The van der Waals surface area contributed by atoms with Gasteiger partial charge in [0.25, 0.3) is 0 Å². The molecular weight excluding hydrogens is 454 g/mol. The Kier molecular flexibility index (Phi) is 6.38.